The summed E-state index contributed by atoms with van der Waals surface area (Å²) in [6.45, 7) is 2.06. The van der Waals surface area contributed by atoms with E-state index in [1.165, 1.54) is 16.9 Å². The smallest absolute Gasteiger partial charge is 0.275 e. The lowest BCUT2D eigenvalue weighted by molar-refractivity contribution is 0.271. The molecule has 2 N–H and O–H groups in total. The Kier molecular flexibility index (Phi) is 6.06. The molecule has 6 nitrogen and oxygen atoms in total. The second-order valence-corrected chi connectivity index (χ2v) is 7.30. The normalized spacial score (nSPS) is 12.3. The molecule has 3 rings (SSSR count). The van der Waals surface area contributed by atoms with Crippen molar-refractivity contribution in [2.45, 2.75) is 30.3 Å². The fourth-order valence-corrected chi connectivity index (χ4v) is 3.80. The fourth-order valence-electron chi connectivity index (χ4n) is 2.23. The molecule has 0 spiro atoms. The number of methoxy groups -OCH3 is 1. The molecule has 0 aliphatic heterocycles. The van der Waals surface area contributed by atoms with E-state index in [1.54, 1.807) is 18.9 Å². The highest BCUT2D eigenvalue weighted by Crippen LogP contribution is 2.34. The molecule has 132 valence electrons. The van der Waals surface area contributed by atoms with Gasteiger partial charge in [-0.1, -0.05) is 60.4 Å². The van der Waals surface area contributed by atoms with E-state index in [4.69, 9.17) is 4.74 Å². The van der Waals surface area contributed by atoms with Crippen LogP contribution >= 0.6 is 23.1 Å². The molecule has 2 aromatic heterocycles. The Balaban J connectivity index is 1.90. The second kappa shape index (κ2) is 8.46. The van der Waals surface area contributed by atoms with E-state index in [1.807, 2.05) is 25.1 Å². The van der Waals surface area contributed by atoms with Gasteiger partial charge in [0.2, 0.25) is 0 Å². The van der Waals surface area contributed by atoms with Crippen molar-refractivity contribution in [3.05, 3.63) is 35.9 Å². The quantitative estimate of drug-likeness (QED) is 0.459. The highest BCUT2D eigenvalue weighted by Gasteiger charge is 2.16. The Morgan fingerprint density at radius 1 is 1.24 bits per heavy atom. The molecular weight excluding hydrogens is 356 g/mol. The van der Waals surface area contributed by atoms with Gasteiger partial charge in [-0.15, -0.1) is 0 Å². The van der Waals surface area contributed by atoms with Crippen molar-refractivity contribution in [2.75, 3.05) is 19.0 Å². The predicted molar refractivity (Wildman–Crippen MR) is 103 cm³/mol. The topological polar surface area (TPSA) is 80.2 Å². The van der Waals surface area contributed by atoms with Crippen LogP contribution in [0.25, 0.3) is 10.3 Å². The van der Waals surface area contributed by atoms with Crippen LogP contribution in [0.2, 0.25) is 0 Å². The summed E-state index contributed by atoms with van der Waals surface area (Å²) >= 11 is 2.96. The monoisotopic (exact) mass is 376 g/mol. The van der Waals surface area contributed by atoms with Crippen LogP contribution in [0.5, 0.6) is 5.19 Å². The number of thiazole rings is 1. The van der Waals surface area contributed by atoms with Crippen molar-refractivity contribution in [1.82, 2.24) is 15.0 Å². The highest BCUT2D eigenvalue weighted by molar-refractivity contribution is 7.98. The van der Waals surface area contributed by atoms with Gasteiger partial charge in [-0.05, 0) is 12.0 Å². The van der Waals surface area contributed by atoms with Gasteiger partial charge in [0.05, 0.1) is 19.8 Å². The summed E-state index contributed by atoms with van der Waals surface area (Å²) in [5, 5.41) is 14.0. The zero-order chi connectivity index (χ0) is 17.6. The maximum absolute atomic E-state index is 9.48. The number of hydrogen-bond donors (Lipinski definition) is 2. The van der Waals surface area contributed by atoms with Gasteiger partial charge in [-0.2, -0.15) is 4.98 Å². The summed E-state index contributed by atoms with van der Waals surface area (Å²) in [5.74, 6) is 1.48. The Morgan fingerprint density at radius 2 is 2.04 bits per heavy atom. The number of nitrogens with one attached hydrogen (secondary N) is 1. The Hall–Kier alpha value is -1.90. The van der Waals surface area contributed by atoms with Crippen LogP contribution < -0.4 is 10.1 Å². The van der Waals surface area contributed by atoms with Gasteiger partial charge in [-0.3, -0.25) is 0 Å². The largest absolute Gasteiger partial charge is 0.473 e. The Morgan fingerprint density at radius 3 is 2.72 bits per heavy atom. The van der Waals surface area contributed by atoms with Crippen molar-refractivity contribution in [1.29, 1.82) is 0 Å². The van der Waals surface area contributed by atoms with E-state index in [-0.39, 0.29) is 12.6 Å². The summed E-state index contributed by atoms with van der Waals surface area (Å²) < 4.78 is 6.08. The lowest BCUT2D eigenvalue weighted by Crippen LogP contribution is -2.23. The molecule has 3 aromatic rings. The Bertz CT molecular complexity index is 822. The minimum atomic E-state index is -0.0573. The lowest BCUT2D eigenvalue weighted by Gasteiger charge is -2.15. The number of thioether (sulfide) groups is 1. The third-order valence-corrected chi connectivity index (χ3v) is 5.58. The van der Waals surface area contributed by atoms with Crippen molar-refractivity contribution in [3.8, 4) is 5.19 Å². The number of ether oxygens (including phenoxy) is 1. The van der Waals surface area contributed by atoms with E-state index >= 15 is 0 Å². The number of fused-ring (bicyclic) bond motifs is 1. The van der Waals surface area contributed by atoms with E-state index in [0.717, 1.165) is 16.9 Å². The van der Waals surface area contributed by atoms with Gasteiger partial charge in [0, 0.05) is 5.75 Å². The number of aromatic nitrogens is 3. The molecule has 0 radical (unpaired) electrons. The number of aliphatic hydroxyl groups excluding tert-OH is 1. The number of hydrogen-bond acceptors (Lipinski definition) is 8. The first kappa shape index (κ1) is 17.9. The molecule has 1 aromatic carbocycles. The first-order valence-electron chi connectivity index (χ1n) is 8.00. The highest BCUT2D eigenvalue weighted by atomic mass is 32.2. The van der Waals surface area contributed by atoms with E-state index in [2.05, 4.69) is 32.4 Å². The van der Waals surface area contributed by atoms with Crippen molar-refractivity contribution in [2.24, 2.45) is 0 Å². The van der Waals surface area contributed by atoms with Gasteiger partial charge < -0.3 is 15.2 Å². The minimum absolute atomic E-state index is 0.0461. The second-order valence-electron chi connectivity index (χ2n) is 5.40. The molecule has 25 heavy (non-hydrogen) atoms. The van der Waals surface area contributed by atoms with Crippen LogP contribution in [0.4, 0.5) is 5.82 Å². The molecule has 1 unspecified atom stereocenters. The van der Waals surface area contributed by atoms with Crippen LogP contribution in [-0.4, -0.2) is 39.8 Å². The summed E-state index contributed by atoms with van der Waals surface area (Å²) in [6, 6.07) is 10.1. The van der Waals surface area contributed by atoms with Crippen LogP contribution in [0, 0.1) is 0 Å². The number of anilines is 1. The Labute approximate surface area is 154 Å². The maximum atomic E-state index is 9.48. The maximum Gasteiger partial charge on any atom is 0.275 e. The molecule has 0 aliphatic rings. The van der Waals surface area contributed by atoms with E-state index in [9.17, 15) is 5.11 Å². The fraction of sp³-hybridized carbons (Fsp3) is 0.353. The van der Waals surface area contributed by atoms with Crippen LogP contribution in [0.3, 0.4) is 0 Å². The van der Waals surface area contributed by atoms with Gasteiger partial charge in [0.15, 0.2) is 16.6 Å². The summed E-state index contributed by atoms with van der Waals surface area (Å²) in [6.07, 6.45) is 0.796. The molecule has 1 atom stereocenters. The molecule has 0 saturated carbocycles. The number of nitrogens with zero attached hydrogens (tertiary/aromatic N) is 3. The number of aliphatic hydroxyl groups is 1. The zero-order valence-electron chi connectivity index (χ0n) is 14.1. The van der Waals surface area contributed by atoms with E-state index in [0.29, 0.717) is 21.8 Å². The molecule has 8 heteroatoms. The predicted octanol–water partition coefficient (Wildman–Crippen LogP) is 3.57. The summed E-state index contributed by atoms with van der Waals surface area (Å²) in [4.78, 5) is 13.6. The first-order chi connectivity index (χ1) is 12.2. The van der Waals surface area contributed by atoms with Crippen molar-refractivity contribution < 1.29 is 9.84 Å². The summed E-state index contributed by atoms with van der Waals surface area (Å²) in [5.41, 5.74) is 1.83. The molecule has 0 aliphatic carbocycles. The lowest BCUT2D eigenvalue weighted by atomic mass is 10.2. The SMILES string of the molecule is CCC(CO)Nc1nc(SCc2ccccc2)nc2nc(OC)sc12. The standard InChI is InChI=1S/C17H20N4O2S2/c1-3-12(9-22)18-14-13-15(21-17(23-2)25-13)20-16(19-14)24-10-11-7-5-4-6-8-11/h4-8,12,22H,3,9-10H2,1-2H3,(H,18,19,20). The van der Waals surface area contributed by atoms with Gasteiger partial charge in [-0.25, -0.2) is 9.97 Å². The van der Waals surface area contributed by atoms with Gasteiger partial charge in [0.25, 0.3) is 5.19 Å². The van der Waals surface area contributed by atoms with Crippen molar-refractivity contribution in [3.63, 3.8) is 0 Å². The third-order valence-electron chi connectivity index (χ3n) is 3.65. The molecule has 2 heterocycles. The van der Waals surface area contributed by atoms with Crippen LogP contribution in [0.1, 0.15) is 18.9 Å². The average molecular weight is 377 g/mol. The molecule has 0 bridgehead atoms. The minimum Gasteiger partial charge on any atom is -0.473 e. The molecular formula is C17H20N4O2S2. The average Bonchev–Trinajstić information content (AvgIpc) is 3.08. The third kappa shape index (κ3) is 4.39. The molecule has 0 amide bonds. The number of benzene rings is 1. The van der Waals surface area contributed by atoms with Gasteiger partial charge in [0.1, 0.15) is 4.70 Å². The first-order valence-corrected chi connectivity index (χ1v) is 9.80. The van der Waals surface area contributed by atoms with Gasteiger partial charge >= 0.3 is 0 Å². The zero-order valence-corrected chi connectivity index (χ0v) is 15.7. The molecule has 0 fully saturated rings. The van der Waals surface area contributed by atoms with E-state index < -0.39 is 0 Å². The summed E-state index contributed by atoms with van der Waals surface area (Å²) in [7, 11) is 1.59. The van der Waals surface area contributed by atoms with Crippen molar-refractivity contribution >= 4 is 39.3 Å². The number of rotatable bonds is 8. The molecule has 0 saturated heterocycles. The van der Waals surface area contributed by atoms with Crippen LogP contribution in [-0.2, 0) is 5.75 Å². The van der Waals surface area contributed by atoms with Crippen LogP contribution in [0.15, 0.2) is 35.5 Å².